The average molecular weight is 424 g/mol. The van der Waals surface area contributed by atoms with Crippen molar-refractivity contribution in [3.05, 3.63) is 35.9 Å². The molecule has 1 aliphatic heterocycles. The molecule has 2 saturated carbocycles. The van der Waals surface area contributed by atoms with E-state index in [4.69, 9.17) is 11.3 Å². The molecule has 2 amide bonds. The molecular formula is C24H28N2O5. The normalized spacial score (nSPS) is 33.7. The second kappa shape index (κ2) is 9.21. The molecule has 1 saturated heterocycles. The number of amides is 2. The molecular weight excluding hydrogens is 396 g/mol. The fourth-order valence-electron chi connectivity index (χ4n) is 5.33. The van der Waals surface area contributed by atoms with Gasteiger partial charge in [-0.1, -0.05) is 35.5 Å². The maximum atomic E-state index is 13.3. The Kier molecular flexibility index (Phi) is 6.40. The van der Waals surface area contributed by atoms with E-state index in [1.54, 1.807) is 0 Å². The number of rotatable bonds is 6. The zero-order valence-corrected chi connectivity index (χ0v) is 17.4. The maximum Gasteiger partial charge on any atom is 0.233 e. The number of likely N-dealkylation sites (tertiary alicyclic amines) is 1. The number of imide groups is 1. The van der Waals surface area contributed by atoms with Crippen molar-refractivity contribution < 1.29 is 24.6 Å². The molecule has 1 heterocycles. The monoisotopic (exact) mass is 424 g/mol. The van der Waals surface area contributed by atoms with Crippen molar-refractivity contribution >= 4 is 17.5 Å². The van der Waals surface area contributed by atoms with Crippen molar-refractivity contribution in [2.24, 2.45) is 28.8 Å². The minimum absolute atomic E-state index is 0.186. The number of carbonyl (C=O) groups excluding carboxylic acids is 2. The SMILES string of the molecule is C#CCCCON=C1C[C@@H](O)[C@H](O)[C@H]2[C@@H]3C(=O)N(Cc4ccccc4)C(=O)[C@@H]3CC[C@H]12. The van der Waals surface area contributed by atoms with Gasteiger partial charge in [0.05, 0.1) is 36.3 Å². The van der Waals surface area contributed by atoms with Gasteiger partial charge >= 0.3 is 0 Å². The number of nitrogens with zero attached hydrogens (tertiary/aromatic N) is 2. The highest BCUT2D eigenvalue weighted by molar-refractivity contribution is 6.06. The van der Waals surface area contributed by atoms with E-state index in [1.165, 1.54) is 4.90 Å². The van der Waals surface area contributed by atoms with Crippen LogP contribution in [0.2, 0.25) is 0 Å². The van der Waals surface area contributed by atoms with Crippen molar-refractivity contribution in [2.45, 2.75) is 50.9 Å². The van der Waals surface area contributed by atoms with Crippen LogP contribution in [0.4, 0.5) is 0 Å². The van der Waals surface area contributed by atoms with E-state index in [2.05, 4.69) is 11.1 Å². The molecule has 3 aliphatic rings. The van der Waals surface area contributed by atoms with Crippen LogP contribution in [0.1, 0.15) is 37.7 Å². The van der Waals surface area contributed by atoms with Gasteiger partial charge < -0.3 is 15.1 Å². The molecule has 3 fully saturated rings. The van der Waals surface area contributed by atoms with Gasteiger partial charge in [-0.2, -0.15) is 0 Å². The van der Waals surface area contributed by atoms with Crippen LogP contribution >= 0.6 is 0 Å². The average Bonchev–Trinajstić information content (AvgIpc) is 3.02. The van der Waals surface area contributed by atoms with Gasteiger partial charge in [-0.05, 0) is 24.8 Å². The molecule has 0 spiro atoms. The lowest BCUT2D eigenvalue weighted by molar-refractivity contribution is -0.142. The molecule has 0 bridgehead atoms. The summed E-state index contributed by atoms with van der Waals surface area (Å²) in [5, 5.41) is 25.5. The molecule has 7 heteroatoms. The van der Waals surface area contributed by atoms with Crippen LogP contribution in [-0.4, -0.2) is 51.5 Å². The van der Waals surface area contributed by atoms with Crippen molar-refractivity contribution in [1.82, 2.24) is 4.90 Å². The predicted octanol–water partition coefficient (Wildman–Crippen LogP) is 1.73. The van der Waals surface area contributed by atoms with Crippen LogP contribution in [-0.2, 0) is 21.0 Å². The Bertz CT molecular complexity index is 893. The Labute approximate surface area is 182 Å². The molecule has 4 rings (SSSR count). The van der Waals surface area contributed by atoms with Gasteiger partial charge in [0.25, 0.3) is 0 Å². The summed E-state index contributed by atoms with van der Waals surface area (Å²) in [6, 6.07) is 9.39. The van der Waals surface area contributed by atoms with Crippen molar-refractivity contribution in [1.29, 1.82) is 0 Å². The summed E-state index contributed by atoms with van der Waals surface area (Å²) in [7, 11) is 0. The number of oxime groups is 1. The third-order valence-electron chi connectivity index (χ3n) is 6.79. The molecule has 2 N–H and O–H groups in total. The Morgan fingerprint density at radius 2 is 1.87 bits per heavy atom. The van der Waals surface area contributed by atoms with E-state index in [1.807, 2.05) is 30.3 Å². The number of hydrogen-bond donors (Lipinski definition) is 2. The Morgan fingerprint density at radius 3 is 2.61 bits per heavy atom. The van der Waals surface area contributed by atoms with Crippen LogP contribution in [0, 0.1) is 36.0 Å². The molecule has 6 atom stereocenters. The summed E-state index contributed by atoms with van der Waals surface area (Å²) >= 11 is 0. The maximum absolute atomic E-state index is 13.3. The van der Waals surface area contributed by atoms with E-state index in [-0.39, 0.29) is 30.7 Å². The van der Waals surface area contributed by atoms with E-state index in [0.29, 0.717) is 38.0 Å². The van der Waals surface area contributed by atoms with Gasteiger partial charge in [0.2, 0.25) is 11.8 Å². The van der Waals surface area contributed by atoms with E-state index >= 15 is 0 Å². The summed E-state index contributed by atoms with van der Waals surface area (Å²) in [6.07, 6.45) is 5.78. The van der Waals surface area contributed by atoms with Crippen LogP contribution in [0.25, 0.3) is 0 Å². The van der Waals surface area contributed by atoms with E-state index in [0.717, 1.165) is 5.56 Å². The second-order valence-corrected chi connectivity index (χ2v) is 8.63. The van der Waals surface area contributed by atoms with Gasteiger partial charge in [0.15, 0.2) is 0 Å². The Hall–Kier alpha value is -2.69. The molecule has 164 valence electrons. The quantitative estimate of drug-likeness (QED) is 0.314. The highest BCUT2D eigenvalue weighted by Gasteiger charge is 2.59. The summed E-state index contributed by atoms with van der Waals surface area (Å²) in [5.41, 5.74) is 1.54. The zero-order chi connectivity index (χ0) is 22.0. The number of fused-ring (bicyclic) bond motifs is 3. The third kappa shape index (κ3) is 4.10. The number of aliphatic hydroxyl groups is 2. The smallest absolute Gasteiger partial charge is 0.233 e. The van der Waals surface area contributed by atoms with Crippen molar-refractivity contribution in [3.63, 3.8) is 0 Å². The van der Waals surface area contributed by atoms with Gasteiger partial charge in [-0.25, -0.2) is 0 Å². The van der Waals surface area contributed by atoms with E-state index < -0.39 is 30.0 Å². The topological polar surface area (TPSA) is 99.4 Å². The molecule has 0 unspecified atom stereocenters. The second-order valence-electron chi connectivity index (χ2n) is 8.63. The minimum Gasteiger partial charge on any atom is -0.396 e. The first-order valence-electron chi connectivity index (χ1n) is 10.9. The summed E-state index contributed by atoms with van der Waals surface area (Å²) in [5.74, 6) is 0.239. The summed E-state index contributed by atoms with van der Waals surface area (Å²) in [4.78, 5) is 33.1. The Balaban J connectivity index is 1.55. The van der Waals surface area contributed by atoms with E-state index in [9.17, 15) is 19.8 Å². The third-order valence-corrected chi connectivity index (χ3v) is 6.79. The first-order chi connectivity index (χ1) is 15.0. The first-order valence-corrected chi connectivity index (χ1v) is 10.9. The molecule has 0 aromatic heterocycles. The number of benzene rings is 1. The van der Waals surface area contributed by atoms with Crippen molar-refractivity contribution in [3.8, 4) is 12.3 Å². The lowest BCUT2D eigenvalue weighted by atomic mass is 9.60. The number of aliphatic hydroxyl groups excluding tert-OH is 2. The molecule has 0 radical (unpaired) electrons. The van der Waals surface area contributed by atoms with Gasteiger partial charge in [0.1, 0.15) is 6.61 Å². The fraction of sp³-hybridized carbons (Fsp3) is 0.542. The highest BCUT2D eigenvalue weighted by atomic mass is 16.6. The number of terminal acetylenes is 1. The molecule has 1 aromatic rings. The molecule has 7 nitrogen and oxygen atoms in total. The van der Waals surface area contributed by atoms with Crippen LogP contribution < -0.4 is 0 Å². The number of unbranched alkanes of at least 4 members (excludes halogenated alkanes) is 1. The molecule has 31 heavy (non-hydrogen) atoms. The lowest BCUT2D eigenvalue weighted by Gasteiger charge is -2.45. The van der Waals surface area contributed by atoms with Gasteiger partial charge in [-0.3, -0.25) is 14.5 Å². The van der Waals surface area contributed by atoms with Gasteiger partial charge in [-0.15, -0.1) is 12.3 Å². The number of hydrogen-bond acceptors (Lipinski definition) is 6. The molecule has 1 aromatic carbocycles. The Morgan fingerprint density at radius 1 is 1.13 bits per heavy atom. The van der Waals surface area contributed by atoms with Crippen molar-refractivity contribution in [2.75, 3.05) is 6.61 Å². The van der Waals surface area contributed by atoms with Crippen LogP contribution in [0.3, 0.4) is 0 Å². The zero-order valence-electron chi connectivity index (χ0n) is 17.4. The minimum atomic E-state index is -1.08. The van der Waals surface area contributed by atoms with Crippen LogP contribution in [0.5, 0.6) is 0 Å². The fourth-order valence-corrected chi connectivity index (χ4v) is 5.33. The summed E-state index contributed by atoms with van der Waals surface area (Å²) < 4.78 is 0. The first kappa shape index (κ1) is 21.5. The summed E-state index contributed by atoms with van der Waals surface area (Å²) in [6.45, 7) is 0.596. The lowest BCUT2D eigenvalue weighted by Crippen LogP contribution is -2.54. The van der Waals surface area contributed by atoms with Crippen LogP contribution in [0.15, 0.2) is 35.5 Å². The largest absolute Gasteiger partial charge is 0.396 e. The predicted molar refractivity (Wildman–Crippen MR) is 113 cm³/mol. The standard InChI is InChI=1S/C24H28N2O5/c1-2-3-7-12-31-25-18-13-19(27)22(28)20-16(18)10-11-17-21(20)24(30)26(23(17)29)14-15-8-5-4-6-9-15/h1,4-6,8-9,16-17,19-22,27-28H,3,7,10-14H2/t16-,17-,19-,20-,21-,22+/m1/s1. The number of carbonyl (C=O) groups is 2. The molecule has 2 aliphatic carbocycles. The van der Waals surface area contributed by atoms with Gasteiger partial charge in [0, 0.05) is 24.7 Å². The highest BCUT2D eigenvalue weighted by Crippen LogP contribution is 2.49.